The second-order valence-corrected chi connectivity index (χ2v) is 10.3. The molecule has 1 saturated heterocycles. The largest absolute Gasteiger partial charge is 0.480 e. The molecule has 15 heteroatoms. The summed E-state index contributed by atoms with van der Waals surface area (Å²) < 4.78 is 0. The summed E-state index contributed by atoms with van der Waals surface area (Å²) in [6.07, 6.45) is 2.86. The summed E-state index contributed by atoms with van der Waals surface area (Å²) >= 11 is 0. The number of aromatic nitrogens is 1. The van der Waals surface area contributed by atoms with E-state index in [4.69, 9.17) is 22.9 Å². The third kappa shape index (κ3) is 8.67. The minimum atomic E-state index is -1.24. The molecule has 0 aliphatic carbocycles. The molecule has 15 nitrogen and oxygen atoms in total. The van der Waals surface area contributed by atoms with Crippen molar-refractivity contribution in [3.8, 4) is 0 Å². The molecule has 2 aromatic rings. The molecule has 1 fully saturated rings. The van der Waals surface area contributed by atoms with Gasteiger partial charge in [-0.15, -0.1) is 0 Å². The van der Waals surface area contributed by atoms with Crippen LogP contribution in [0.2, 0.25) is 0 Å². The number of hydrogen-bond donors (Lipinski definition) is 8. The van der Waals surface area contributed by atoms with Gasteiger partial charge in [0, 0.05) is 43.0 Å². The number of guanidine groups is 1. The number of amides is 4. The van der Waals surface area contributed by atoms with Crippen molar-refractivity contribution in [2.24, 2.45) is 27.9 Å². The van der Waals surface area contributed by atoms with Crippen LogP contribution >= 0.6 is 0 Å². The number of nitrogens with zero attached hydrogens (tertiary/aromatic N) is 2. The van der Waals surface area contributed by atoms with Crippen LogP contribution in [0.25, 0.3) is 10.9 Å². The SMILES string of the molecule is NC(=O)CCC(NC(=O)C(Cc1c[nH]c2ccccc12)NC(=O)C(N)CCCN=C(N)N)C(=O)N1CCCC1C(=O)O. The van der Waals surface area contributed by atoms with Crippen LogP contribution in [0.1, 0.15) is 44.1 Å². The van der Waals surface area contributed by atoms with Crippen molar-refractivity contribution in [3.63, 3.8) is 0 Å². The quantitative estimate of drug-likeness (QED) is 0.0678. The Kier molecular flexibility index (Phi) is 11.2. The van der Waals surface area contributed by atoms with Gasteiger partial charge < -0.3 is 48.6 Å². The third-order valence-electron chi connectivity index (χ3n) is 7.15. The van der Waals surface area contributed by atoms with E-state index >= 15 is 0 Å². The zero-order valence-electron chi connectivity index (χ0n) is 23.3. The van der Waals surface area contributed by atoms with Crippen LogP contribution in [0.4, 0.5) is 0 Å². The Morgan fingerprint density at radius 3 is 2.45 bits per heavy atom. The number of carbonyl (C=O) groups is 5. The smallest absolute Gasteiger partial charge is 0.326 e. The predicted octanol–water partition coefficient (Wildman–Crippen LogP) is -1.60. The van der Waals surface area contributed by atoms with E-state index in [2.05, 4.69) is 20.6 Å². The molecule has 0 bridgehead atoms. The molecule has 0 saturated carbocycles. The Balaban J connectivity index is 1.82. The lowest BCUT2D eigenvalue weighted by molar-refractivity contribution is -0.149. The fourth-order valence-corrected chi connectivity index (χ4v) is 4.96. The lowest BCUT2D eigenvalue weighted by atomic mass is 10.0. The van der Waals surface area contributed by atoms with E-state index in [1.807, 2.05) is 24.3 Å². The van der Waals surface area contributed by atoms with Gasteiger partial charge in [-0.1, -0.05) is 18.2 Å². The number of aromatic amines is 1. The highest BCUT2D eigenvalue weighted by molar-refractivity contribution is 5.95. The van der Waals surface area contributed by atoms with Gasteiger partial charge in [-0.25, -0.2) is 4.79 Å². The van der Waals surface area contributed by atoms with Crippen LogP contribution in [0.3, 0.4) is 0 Å². The maximum absolute atomic E-state index is 13.7. The topological polar surface area (TPSA) is 265 Å². The van der Waals surface area contributed by atoms with E-state index in [1.165, 1.54) is 4.90 Å². The van der Waals surface area contributed by atoms with Crippen molar-refractivity contribution in [2.75, 3.05) is 13.1 Å². The number of carboxylic acids is 1. The first kappa shape index (κ1) is 31.9. The standard InChI is InChI=1S/C27H39N9O6/c28-17(6-3-11-32-27(30)31)23(38)35-20(13-15-14-33-18-7-2-1-5-16(15)18)24(39)34-19(9-10-22(29)37)25(40)36-12-4-8-21(36)26(41)42/h1-2,5,7,14,17,19-21,33H,3-4,6,8-13,28H2,(H2,29,37)(H,34,39)(H,35,38)(H,41,42)(H4,30,31,32). The van der Waals surface area contributed by atoms with Crippen molar-refractivity contribution in [3.05, 3.63) is 36.0 Å². The van der Waals surface area contributed by atoms with Crippen LogP contribution in [0.5, 0.6) is 0 Å². The molecule has 4 unspecified atom stereocenters. The number of primary amides is 1. The number of aliphatic carboxylic acids is 1. The maximum Gasteiger partial charge on any atom is 0.326 e. The highest BCUT2D eigenvalue weighted by Crippen LogP contribution is 2.21. The first-order valence-electron chi connectivity index (χ1n) is 13.8. The molecule has 3 rings (SSSR count). The average Bonchev–Trinajstić information content (AvgIpc) is 3.60. The van der Waals surface area contributed by atoms with E-state index < -0.39 is 53.8 Å². The van der Waals surface area contributed by atoms with Crippen molar-refractivity contribution in [1.82, 2.24) is 20.5 Å². The number of hydrogen-bond acceptors (Lipinski definition) is 7. The van der Waals surface area contributed by atoms with Gasteiger partial charge >= 0.3 is 5.97 Å². The lowest BCUT2D eigenvalue weighted by Crippen LogP contribution is -2.57. The van der Waals surface area contributed by atoms with E-state index in [0.29, 0.717) is 12.8 Å². The molecule has 0 spiro atoms. The fourth-order valence-electron chi connectivity index (χ4n) is 4.96. The number of rotatable bonds is 15. The second kappa shape index (κ2) is 14.8. The number of likely N-dealkylation sites (tertiary alicyclic amines) is 1. The molecule has 12 N–H and O–H groups in total. The number of benzene rings is 1. The minimum absolute atomic E-state index is 0.0561. The van der Waals surface area contributed by atoms with Crippen molar-refractivity contribution >= 4 is 46.5 Å². The van der Waals surface area contributed by atoms with Crippen LogP contribution in [0, 0.1) is 0 Å². The van der Waals surface area contributed by atoms with E-state index in [9.17, 15) is 29.1 Å². The number of carboxylic acid groups (broad SMARTS) is 1. The number of nitrogens with two attached hydrogens (primary N) is 4. The molecule has 0 radical (unpaired) electrons. The summed E-state index contributed by atoms with van der Waals surface area (Å²) in [5.41, 5.74) is 23.6. The van der Waals surface area contributed by atoms with Crippen molar-refractivity contribution in [2.45, 2.75) is 69.1 Å². The summed E-state index contributed by atoms with van der Waals surface area (Å²) in [5, 5.41) is 15.7. The molecular weight excluding hydrogens is 546 g/mol. The first-order valence-corrected chi connectivity index (χ1v) is 13.8. The molecule has 1 aliphatic rings. The van der Waals surface area contributed by atoms with Gasteiger partial charge in [0.15, 0.2) is 5.96 Å². The Morgan fingerprint density at radius 2 is 1.76 bits per heavy atom. The monoisotopic (exact) mass is 585 g/mol. The van der Waals surface area contributed by atoms with Crippen molar-refractivity contribution < 1.29 is 29.1 Å². The number of H-pyrrole nitrogens is 1. The molecule has 1 aromatic carbocycles. The second-order valence-electron chi connectivity index (χ2n) is 10.3. The summed E-state index contributed by atoms with van der Waals surface area (Å²) in [7, 11) is 0. The molecule has 2 heterocycles. The van der Waals surface area contributed by atoms with Gasteiger partial charge in [-0.2, -0.15) is 0 Å². The van der Waals surface area contributed by atoms with Crippen LogP contribution in [-0.2, 0) is 30.4 Å². The Bertz CT molecular complexity index is 1320. The molecule has 228 valence electrons. The molecule has 1 aliphatic heterocycles. The highest BCUT2D eigenvalue weighted by Gasteiger charge is 2.38. The first-order chi connectivity index (χ1) is 20.0. The number of nitrogens with one attached hydrogen (secondary N) is 3. The molecular formula is C27H39N9O6. The summed E-state index contributed by atoms with van der Waals surface area (Å²) in [6.45, 7) is 0.475. The van der Waals surface area contributed by atoms with Gasteiger partial charge in [0.2, 0.25) is 23.6 Å². The van der Waals surface area contributed by atoms with Crippen LogP contribution < -0.4 is 33.6 Å². The van der Waals surface area contributed by atoms with Crippen LogP contribution in [0.15, 0.2) is 35.5 Å². The Labute approximate surface area is 242 Å². The number of para-hydroxylation sites is 1. The van der Waals surface area contributed by atoms with E-state index in [1.54, 1.807) is 6.20 Å². The highest BCUT2D eigenvalue weighted by atomic mass is 16.4. The zero-order chi connectivity index (χ0) is 30.8. The maximum atomic E-state index is 13.7. The molecule has 4 amide bonds. The predicted molar refractivity (Wildman–Crippen MR) is 155 cm³/mol. The number of fused-ring (bicyclic) bond motifs is 1. The lowest BCUT2D eigenvalue weighted by Gasteiger charge is -2.29. The Hall–Kier alpha value is -4.66. The normalized spacial score (nSPS) is 16.8. The number of aliphatic imine (C=N–C) groups is 1. The average molecular weight is 586 g/mol. The van der Waals surface area contributed by atoms with E-state index in [-0.39, 0.29) is 51.2 Å². The molecule has 1 aromatic heterocycles. The van der Waals surface area contributed by atoms with Crippen molar-refractivity contribution in [1.29, 1.82) is 0 Å². The summed E-state index contributed by atoms with van der Waals surface area (Å²) in [5.74, 6) is -3.84. The van der Waals surface area contributed by atoms with Gasteiger partial charge in [-0.05, 0) is 43.7 Å². The van der Waals surface area contributed by atoms with Gasteiger partial charge in [0.05, 0.1) is 6.04 Å². The fraction of sp³-hybridized carbons (Fsp3) is 0.481. The summed E-state index contributed by atoms with van der Waals surface area (Å²) in [6, 6.07) is 3.04. The number of carbonyl (C=O) groups excluding carboxylic acids is 4. The Morgan fingerprint density at radius 1 is 1.05 bits per heavy atom. The van der Waals surface area contributed by atoms with Gasteiger partial charge in [0.1, 0.15) is 18.1 Å². The van der Waals surface area contributed by atoms with Gasteiger partial charge in [0.25, 0.3) is 0 Å². The molecule has 4 atom stereocenters. The molecule has 42 heavy (non-hydrogen) atoms. The van der Waals surface area contributed by atoms with E-state index in [0.717, 1.165) is 16.5 Å². The van der Waals surface area contributed by atoms with Gasteiger partial charge in [-0.3, -0.25) is 24.2 Å². The minimum Gasteiger partial charge on any atom is -0.480 e. The summed E-state index contributed by atoms with van der Waals surface area (Å²) in [4.78, 5) is 71.5. The van der Waals surface area contributed by atoms with Crippen LogP contribution in [-0.4, -0.2) is 87.8 Å². The zero-order valence-corrected chi connectivity index (χ0v) is 23.3. The third-order valence-corrected chi connectivity index (χ3v) is 7.15.